The van der Waals surface area contributed by atoms with Crippen LogP contribution in [0.4, 0.5) is 0 Å². The smallest absolute Gasteiger partial charge is 0.237 e. The molecule has 1 amide bonds. The quantitative estimate of drug-likeness (QED) is 0.836. The summed E-state index contributed by atoms with van der Waals surface area (Å²) in [5.74, 6) is 0.526. The van der Waals surface area contributed by atoms with Crippen LogP contribution < -0.4 is 16.2 Å². The van der Waals surface area contributed by atoms with Gasteiger partial charge in [-0.3, -0.25) is 9.69 Å². The molecule has 0 bridgehead atoms. The average molecular weight is 277 g/mol. The van der Waals surface area contributed by atoms with E-state index in [0.29, 0.717) is 13.0 Å². The highest BCUT2D eigenvalue weighted by atomic mass is 16.5. The molecule has 5 nitrogen and oxygen atoms in total. The number of primary amides is 1. The Bertz CT molecular complexity index is 474. The molecule has 1 heterocycles. The van der Waals surface area contributed by atoms with Crippen LogP contribution in [0.3, 0.4) is 0 Å². The molecule has 0 fully saturated rings. The van der Waals surface area contributed by atoms with Crippen LogP contribution in [0.2, 0.25) is 0 Å². The van der Waals surface area contributed by atoms with Gasteiger partial charge in [0.25, 0.3) is 0 Å². The summed E-state index contributed by atoms with van der Waals surface area (Å²) in [6, 6.07) is 8.10. The van der Waals surface area contributed by atoms with Gasteiger partial charge in [0.05, 0.1) is 5.54 Å². The number of hydrogen-bond acceptors (Lipinski definition) is 4. The van der Waals surface area contributed by atoms with Crippen LogP contribution in [0.1, 0.15) is 25.3 Å². The lowest BCUT2D eigenvalue weighted by Gasteiger charge is -2.23. The van der Waals surface area contributed by atoms with Crippen molar-refractivity contribution in [3.63, 3.8) is 0 Å². The van der Waals surface area contributed by atoms with Crippen molar-refractivity contribution in [1.29, 1.82) is 0 Å². The van der Waals surface area contributed by atoms with Crippen molar-refractivity contribution in [3.05, 3.63) is 29.8 Å². The van der Waals surface area contributed by atoms with E-state index in [-0.39, 0.29) is 0 Å². The molecule has 2 rings (SSSR count). The number of hydrogen-bond donors (Lipinski definition) is 2. The van der Waals surface area contributed by atoms with Crippen molar-refractivity contribution in [3.8, 4) is 5.75 Å². The molecule has 0 saturated heterocycles. The molecular formula is C15H23N3O2. The van der Waals surface area contributed by atoms with Gasteiger partial charge in [-0.2, -0.15) is 0 Å². The van der Waals surface area contributed by atoms with Gasteiger partial charge >= 0.3 is 0 Å². The predicted molar refractivity (Wildman–Crippen MR) is 78.2 cm³/mol. The summed E-state index contributed by atoms with van der Waals surface area (Å²) in [6.45, 7) is 5.02. The normalized spacial score (nSPS) is 18.5. The first kappa shape index (κ1) is 14.8. The first-order valence-corrected chi connectivity index (χ1v) is 7.01. The minimum Gasteiger partial charge on any atom is -0.492 e. The lowest BCUT2D eigenvalue weighted by molar-refractivity contribution is -0.122. The molecule has 1 aliphatic rings. The molecular weight excluding hydrogens is 254 g/mol. The van der Waals surface area contributed by atoms with Crippen molar-refractivity contribution < 1.29 is 9.53 Å². The summed E-state index contributed by atoms with van der Waals surface area (Å²) in [7, 11) is 0. The molecule has 1 unspecified atom stereocenters. The Labute approximate surface area is 119 Å². The largest absolute Gasteiger partial charge is 0.492 e. The molecule has 0 aliphatic carbocycles. The number of carbonyl (C=O) groups is 1. The van der Waals surface area contributed by atoms with E-state index in [9.17, 15) is 4.79 Å². The number of amides is 1. The molecule has 20 heavy (non-hydrogen) atoms. The molecule has 4 N–H and O–H groups in total. The van der Waals surface area contributed by atoms with Crippen LogP contribution in [0, 0.1) is 0 Å². The number of rotatable bonds is 5. The van der Waals surface area contributed by atoms with E-state index in [1.54, 1.807) is 6.92 Å². The van der Waals surface area contributed by atoms with Crippen molar-refractivity contribution in [2.75, 3.05) is 19.7 Å². The van der Waals surface area contributed by atoms with E-state index < -0.39 is 11.4 Å². The van der Waals surface area contributed by atoms with Crippen LogP contribution in [-0.2, 0) is 11.3 Å². The van der Waals surface area contributed by atoms with Crippen molar-refractivity contribution in [1.82, 2.24) is 4.90 Å². The molecule has 0 aromatic heterocycles. The fraction of sp³-hybridized carbons (Fsp3) is 0.533. The zero-order valence-electron chi connectivity index (χ0n) is 12.0. The summed E-state index contributed by atoms with van der Waals surface area (Å²) >= 11 is 0. The zero-order chi connectivity index (χ0) is 14.6. The van der Waals surface area contributed by atoms with Gasteiger partial charge in [-0.25, -0.2) is 0 Å². The first-order valence-electron chi connectivity index (χ1n) is 7.01. The van der Waals surface area contributed by atoms with E-state index in [2.05, 4.69) is 11.0 Å². The maximum Gasteiger partial charge on any atom is 0.237 e. The number of nitrogens with zero attached hydrogens (tertiary/aromatic N) is 1. The second-order valence-corrected chi connectivity index (χ2v) is 5.62. The second-order valence-electron chi connectivity index (χ2n) is 5.62. The fourth-order valence-corrected chi connectivity index (χ4v) is 2.36. The fourth-order valence-electron chi connectivity index (χ4n) is 2.36. The number of nitrogens with two attached hydrogens (primary N) is 2. The van der Waals surface area contributed by atoms with Crippen LogP contribution in [0.5, 0.6) is 5.75 Å². The van der Waals surface area contributed by atoms with Gasteiger partial charge in [0.2, 0.25) is 5.91 Å². The van der Waals surface area contributed by atoms with Crippen LogP contribution in [0.25, 0.3) is 0 Å². The Hall–Kier alpha value is -1.59. The molecule has 1 atom stereocenters. The third kappa shape index (κ3) is 3.71. The minimum absolute atomic E-state index is 0.443. The molecule has 1 aliphatic heterocycles. The van der Waals surface area contributed by atoms with E-state index in [1.807, 2.05) is 18.2 Å². The van der Waals surface area contributed by atoms with Gasteiger partial charge in [-0.1, -0.05) is 18.2 Å². The number of fused-ring (bicyclic) bond motifs is 1. The van der Waals surface area contributed by atoms with Crippen LogP contribution in [0.15, 0.2) is 24.3 Å². The lowest BCUT2D eigenvalue weighted by atomic mass is 9.96. The highest BCUT2D eigenvalue weighted by molar-refractivity contribution is 5.83. The molecule has 1 aromatic rings. The summed E-state index contributed by atoms with van der Waals surface area (Å²) in [5, 5.41) is 0. The Morgan fingerprint density at radius 1 is 1.45 bits per heavy atom. The van der Waals surface area contributed by atoms with Crippen molar-refractivity contribution >= 4 is 5.91 Å². The number of ether oxygens (including phenoxy) is 1. The second kappa shape index (κ2) is 6.24. The highest BCUT2D eigenvalue weighted by Crippen LogP contribution is 2.22. The molecule has 1 aromatic carbocycles. The lowest BCUT2D eigenvalue weighted by Crippen LogP contribution is -2.49. The average Bonchev–Trinajstić information content (AvgIpc) is 2.60. The maximum atomic E-state index is 11.2. The molecule has 0 saturated carbocycles. The number of benzene rings is 1. The van der Waals surface area contributed by atoms with Gasteiger partial charge < -0.3 is 16.2 Å². The van der Waals surface area contributed by atoms with E-state index in [4.69, 9.17) is 16.2 Å². The summed E-state index contributed by atoms with van der Waals surface area (Å²) in [6.07, 6.45) is 1.44. The predicted octanol–water partition coefficient (Wildman–Crippen LogP) is 0.864. The summed E-state index contributed by atoms with van der Waals surface area (Å²) < 4.78 is 5.72. The highest BCUT2D eigenvalue weighted by Gasteiger charge is 2.25. The van der Waals surface area contributed by atoms with Gasteiger partial charge in [0.15, 0.2) is 0 Å². The molecule has 5 heteroatoms. The number of carbonyl (C=O) groups excluding carboxylic acids is 1. The van der Waals surface area contributed by atoms with Gasteiger partial charge in [0, 0.05) is 18.7 Å². The van der Waals surface area contributed by atoms with Crippen LogP contribution >= 0.6 is 0 Å². The monoisotopic (exact) mass is 277 g/mol. The summed E-state index contributed by atoms with van der Waals surface area (Å²) in [4.78, 5) is 13.5. The van der Waals surface area contributed by atoms with Gasteiger partial charge in [-0.05, 0) is 32.4 Å². The topological polar surface area (TPSA) is 81.6 Å². The van der Waals surface area contributed by atoms with Gasteiger partial charge in [0.1, 0.15) is 12.4 Å². The Morgan fingerprint density at radius 3 is 2.95 bits per heavy atom. The molecule has 0 spiro atoms. The Balaban J connectivity index is 1.87. The van der Waals surface area contributed by atoms with Crippen molar-refractivity contribution in [2.45, 2.75) is 31.8 Å². The third-order valence-electron chi connectivity index (χ3n) is 3.76. The Kier molecular flexibility index (Phi) is 4.62. The summed E-state index contributed by atoms with van der Waals surface area (Å²) in [5.41, 5.74) is 11.4. The van der Waals surface area contributed by atoms with Crippen molar-refractivity contribution in [2.24, 2.45) is 11.5 Å². The minimum atomic E-state index is -0.916. The molecule has 110 valence electrons. The SMILES string of the molecule is CC(N)(CCCN1CCOc2ccccc2C1)C(N)=O. The molecule has 0 radical (unpaired) electrons. The number of para-hydroxylation sites is 1. The van der Waals surface area contributed by atoms with E-state index in [1.165, 1.54) is 5.56 Å². The Morgan fingerprint density at radius 2 is 2.20 bits per heavy atom. The van der Waals surface area contributed by atoms with E-state index in [0.717, 1.165) is 31.8 Å². The standard InChI is InChI=1S/C15H23N3O2/c1-15(17,14(16)19)7-4-8-18-9-10-20-13-6-3-2-5-12(13)11-18/h2-3,5-6H,4,7-11,17H2,1H3,(H2,16,19). The van der Waals surface area contributed by atoms with E-state index >= 15 is 0 Å². The van der Waals surface area contributed by atoms with Crippen LogP contribution in [-0.4, -0.2) is 36.0 Å². The zero-order valence-corrected chi connectivity index (χ0v) is 12.0. The third-order valence-corrected chi connectivity index (χ3v) is 3.76. The maximum absolute atomic E-state index is 11.2. The first-order chi connectivity index (χ1) is 9.49. The van der Waals surface area contributed by atoms with Gasteiger partial charge in [-0.15, -0.1) is 0 Å².